The molecular weight excluding hydrogens is 212 g/mol. The molecule has 0 aliphatic rings. The summed E-state index contributed by atoms with van der Waals surface area (Å²) in [6.07, 6.45) is 1.60. The van der Waals surface area contributed by atoms with E-state index in [1.165, 1.54) is 0 Å². The molecule has 0 bridgehead atoms. The minimum Gasteiger partial charge on any atom is -0.397 e. The van der Waals surface area contributed by atoms with E-state index in [2.05, 4.69) is 43.6 Å². The van der Waals surface area contributed by atoms with E-state index in [-0.39, 0.29) is 0 Å². The molecule has 0 aromatic carbocycles. The molecule has 2 N–H and O–H groups in total. The van der Waals surface area contributed by atoms with Crippen LogP contribution in [0.2, 0.25) is 0 Å². The van der Waals surface area contributed by atoms with Crippen molar-refractivity contribution in [2.45, 2.75) is 33.7 Å². The molecule has 0 spiro atoms. The van der Waals surface area contributed by atoms with Crippen LogP contribution in [-0.4, -0.2) is 17.6 Å². The first kappa shape index (κ1) is 13.3. The standard InChI is InChI=1S/C13H20N4/c1-9(2)8-17(10(3)4)13-11(6-14)5-12(15)7-16-13/h5,7,9-10H,8,15H2,1-4H3. The van der Waals surface area contributed by atoms with Crippen molar-refractivity contribution in [2.75, 3.05) is 17.2 Å². The van der Waals surface area contributed by atoms with Gasteiger partial charge in [0.15, 0.2) is 0 Å². The lowest BCUT2D eigenvalue weighted by Gasteiger charge is -2.30. The SMILES string of the molecule is CC(C)CN(c1ncc(N)cc1C#N)C(C)C. The van der Waals surface area contributed by atoms with E-state index < -0.39 is 0 Å². The molecule has 0 amide bonds. The van der Waals surface area contributed by atoms with Gasteiger partial charge in [-0.15, -0.1) is 0 Å². The lowest BCUT2D eigenvalue weighted by atomic mass is 10.1. The number of aromatic nitrogens is 1. The van der Waals surface area contributed by atoms with Gasteiger partial charge in [0, 0.05) is 12.6 Å². The summed E-state index contributed by atoms with van der Waals surface area (Å²) in [6, 6.07) is 4.15. The number of hydrogen-bond donors (Lipinski definition) is 1. The summed E-state index contributed by atoms with van der Waals surface area (Å²) in [5, 5.41) is 9.14. The van der Waals surface area contributed by atoms with E-state index in [0.717, 1.165) is 12.4 Å². The van der Waals surface area contributed by atoms with Crippen LogP contribution in [0.1, 0.15) is 33.3 Å². The van der Waals surface area contributed by atoms with Crippen molar-refractivity contribution >= 4 is 11.5 Å². The van der Waals surface area contributed by atoms with Crippen LogP contribution in [0.3, 0.4) is 0 Å². The van der Waals surface area contributed by atoms with Gasteiger partial charge >= 0.3 is 0 Å². The molecule has 0 aliphatic carbocycles. The average Bonchev–Trinajstić information content (AvgIpc) is 2.25. The Morgan fingerprint density at radius 1 is 1.41 bits per heavy atom. The van der Waals surface area contributed by atoms with Gasteiger partial charge in [-0.3, -0.25) is 0 Å². The molecule has 17 heavy (non-hydrogen) atoms. The maximum Gasteiger partial charge on any atom is 0.146 e. The highest BCUT2D eigenvalue weighted by Crippen LogP contribution is 2.22. The van der Waals surface area contributed by atoms with Crippen molar-refractivity contribution in [3.63, 3.8) is 0 Å². The third kappa shape index (κ3) is 3.35. The molecule has 4 heteroatoms. The number of rotatable bonds is 4. The first-order valence-electron chi connectivity index (χ1n) is 5.88. The first-order valence-corrected chi connectivity index (χ1v) is 5.88. The molecular formula is C13H20N4. The monoisotopic (exact) mass is 232 g/mol. The van der Waals surface area contributed by atoms with Crippen molar-refractivity contribution in [1.29, 1.82) is 5.26 Å². The summed E-state index contributed by atoms with van der Waals surface area (Å²) in [7, 11) is 0. The summed E-state index contributed by atoms with van der Waals surface area (Å²) in [5.41, 5.74) is 6.72. The number of nitrogen functional groups attached to an aromatic ring is 1. The normalized spacial score (nSPS) is 10.6. The van der Waals surface area contributed by atoms with Gasteiger partial charge in [-0.05, 0) is 25.8 Å². The lowest BCUT2D eigenvalue weighted by molar-refractivity contribution is 0.566. The zero-order valence-corrected chi connectivity index (χ0v) is 10.9. The summed E-state index contributed by atoms with van der Waals surface area (Å²) < 4.78 is 0. The summed E-state index contributed by atoms with van der Waals surface area (Å²) in [6.45, 7) is 9.38. The van der Waals surface area contributed by atoms with Crippen molar-refractivity contribution in [2.24, 2.45) is 5.92 Å². The highest BCUT2D eigenvalue weighted by Gasteiger charge is 2.17. The Labute approximate surface area is 103 Å². The van der Waals surface area contributed by atoms with Crippen LogP contribution in [0.4, 0.5) is 11.5 Å². The molecule has 1 rings (SSSR count). The number of pyridine rings is 1. The molecule has 0 unspecified atom stereocenters. The zero-order valence-electron chi connectivity index (χ0n) is 10.9. The van der Waals surface area contributed by atoms with Gasteiger partial charge in [0.05, 0.1) is 17.4 Å². The predicted octanol–water partition coefficient (Wildman–Crippen LogP) is 2.41. The number of nitrogens with zero attached hydrogens (tertiary/aromatic N) is 3. The molecule has 0 atom stereocenters. The van der Waals surface area contributed by atoms with E-state index in [9.17, 15) is 0 Å². The van der Waals surface area contributed by atoms with E-state index in [4.69, 9.17) is 11.0 Å². The van der Waals surface area contributed by atoms with Crippen molar-refractivity contribution in [3.8, 4) is 6.07 Å². The maximum absolute atomic E-state index is 9.14. The first-order chi connectivity index (χ1) is 7.95. The van der Waals surface area contributed by atoms with Crippen molar-refractivity contribution in [1.82, 2.24) is 4.98 Å². The van der Waals surface area contributed by atoms with Gasteiger partial charge < -0.3 is 10.6 Å². The Morgan fingerprint density at radius 3 is 2.53 bits per heavy atom. The van der Waals surface area contributed by atoms with E-state index in [1.54, 1.807) is 12.3 Å². The Balaban J connectivity index is 3.14. The molecule has 1 aromatic heterocycles. The smallest absolute Gasteiger partial charge is 0.146 e. The van der Waals surface area contributed by atoms with Crippen LogP contribution >= 0.6 is 0 Å². The highest BCUT2D eigenvalue weighted by atomic mass is 15.2. The fraction of sp³-hybridized carbons (Fsp3) is 0.538. The Bertz CT molecular complexity index is 418. The second kappa shape index (κ2) is 5.53. The van der Waals surface area contributed by atoms with E-state index in [1.807, 2.05) is 0 Å². The Hall–Kier alpha value is -1.76. The van der Waals surface area contributed by atoms with Crippen molar-refractivity contribution < 1.29 is 0 Å². The molecule has 4 nitrogen and oxygen atoms in total. The molecule has 0 radical (unpaired) electrons. The second-order valence-corrected chi connectivity index (χ2v) is 4.89. The van der Waals surface area contributed by atoms with Crippen LogP contribution in [0, 0.1) is 17.2 Å². The van der Waals surface area contributed by atoms with E-state index >= 15 is 0 Å². The van der Waals surface area contributed by atoms with Gasteiger partial charge in [-0.25, -0.2) is 4.98 Å². The molecule has 0 saturated heterocycles. The van der Waals surface area contributed by atoms with Crippen LogP contribution in [0.25, 0.3) is 0 Å². The topological polar surface area (TPSA) is 65.9 Å². The van der Waals surface area contributed by atoms with Crippen molar-refractivity contribution in [3.05, 3.63) is 17.8 Å². The minimum absolute atomic E-state index is 0.306. The number of hydrogen-bond acceptors (Lipinski definition) is 4. The van der Waals surface area contributed by atoms with Gasteiger partial charge in [0.1, 0.15) is 11.9 Å². The quantitative estimate of drug-likeness (QED) is 0.865. The fourth-order valence-electron chi connectivity index (χ4n) is 1.72. The number of nitriles is 1. The van der Waals surface area contributed by atoms with Crippen LogP contribution in [0.15, 0.2) is 12.3 Å². The average molecular weight is 232 g/mol. The maximum atomic E-state index is 9.14. The van der Waals surface area contributed by atoms with Crippen LogP contribution in [0.5, 0.6) is 0 Å². The van der Waals surface area contributed by atoms with Gasteiger partial charge in [-0.2, -0.15) is 5.26 Å². The Kier molecular flexibility index (Phi) is 4.33. The molecule has 0 fully saturated rings. The molecule has 0 aliphatic heterocycles. The van der Waals surface area contributed by atoms with E-state index in [0.29, 0.717) is 23.2 Å². The third-order valence-corrected chi connectivity index (χ3v) is 2.47. The van der Waals surface area contributed by atoms with Crippen LogP contribution < -0.4 is 10.6 Å². The minimum atomic E-state index is 0.306. The highest BCUT2D eigenvalue weighted by molar-refractivity contribution is 5.59. The largest absolute Gasteiger partial charge is 0.397 e. The number of nitrogens with two attached hydrogens (primary N) is 1. The lowest BCUT2D eigenvalue weighted by Crippen LogP contribution is -2.35. The third-order valence-electron chi connectivity index (χ3n) is 2.47. The predicted molar refractivity (Wildman–Crippen MR) is 70.7 cm³/mol. The summed E-state index contributed by atoms with van der Waals surface area (Å²) in [4.78, 5) is 6.44. The second-order valence-electron chi connectivity index (χ2n) is 4.89. The van der Waals surface area contributed by atoms with Gasteiger partial charge in [-0.1, -0.05) is 13.8 Å². The fourth-order valence-corrected chi connectivity index (χ4v) is 1.72. The summed E-state index contributed by atoms with van der Waals surface area (Å²) >= 11 is 0. The Morgan fingerprint density at radius 2 is 2.06 bits per heavy atom. The molecule has 0 saturated carbocycles. The van der Waals surface area contributed by atoms with Gasteiger partial charge in [0.2, 0.25) is 0 Å². The summed E-state index contributed by atoms with van der Waals surface area (Å²) in [5.74, 6) is 1.24. The number of anilines is 2. The van der Waals surface area contributed by atoms with Gasteiger partial charge in [0.25, 0.3) is 0 Å². The molecule has 1 aromatic rings. The zero-order chi connectivity index (χ0) is 13.0. The molecule has 1 heterocycles. The van der Waals surface area contributed by atoms with Crippen LogP contribution in [-0.2, 0) is 0 Å². The molecule has 92 valence electrons.